The Morgan fingerprint density at radius 3 is 2.71 bits per heavy atom. The van der Waals surface area contributed by atoms with Crippen molar-refractivity contribution in [2.45, 2.75) is 50.0 Å². The summed E-state index contributed by atoms with van der Waals surface area (Å²) in [5.74, 6) is 0. The van der Waals surface area contributed by atoms with Gasteiger partial charge in [-0.05, 0) is 78.7 Å². The second-order valence-corrected chi connectivity index (χ2v) is 8.17. The van der Waals surface area contributed by atoms with Gasteiger partial charge >= 0.3 is 0 Å². The van der Waals surface area contributed by atoms with Gasteiger partial charge in [-0.15, -0.1) is 0 Å². The first-order valence-electron chi connectivity index (χ1n) is 7.96. The Balaban J connectivity index is 0.000000300. The summed E-state index contributed by atoms with van der Waals surface area (Å²) in [7, 11) is 0. The number of nitrogens with zero attached hydrogens (tertiary/aromatic N) is 3. The predicted octanol–water partition coefficient (Wildman–Crippen LogP) is 5.45. The topological polar surface area (TPSA) is 62.9 Å². The lowest BCUT2D eigenvalue weighted by Gasteiger charge is -2.10. The van der Waals surface area contributed by atoms with E-state index in [-0.39, 0.29) is 0 Å². The summed E-state index contributed by atoms with van der Waals surface area (Å²) in [4.78, 5) is 3.00. The molecule has 0 amide bonds. The summed E-state index contributed by atoms with van der Waals surface area (Å²) < 4.78 is 5.45. The molecule has 1 aromatic rings. The average Bonchev–Trinajstić information content (AvgIpc) is 2.99. The van der Waals surface area contributed by atoms with E-state index in [1.807, 2.05) is 17.0 Å². The molecule has 1 N–H and O–H groups in total. The summed E-state index contributed by atoms with van der Waals surface area (Å²) in [5, 5.41) is 16.8. The maximum atomic E-state index is 8.41. The van der Waals surface area contributed by atoms with Crippen LogP contribution < -0.4 is 4.72 Å². The monoisotopic (exact) mass is 472 g/mol. The zero-order chi connectivity index (χ0) is 17.8. The first-order valence-corrected chi connectivity index (χ1v) is 10.4. The number of likely N-dealkylation sites (tertiary alicyclic amines) is 1. The highest BCUT2D eigenvalue weighted by molar-refractivity contribution is 9.11. The van der Waals surface area contributed by atoms with Gasteiger partial charge in [0, 0.05) is 39.4 Å². The van der Waals surface area contributed by atoms with Crippen molar-refractivity contribution in [3.05, 3.63) is 27.1 Å². The molecule has 0 unspecified atom stereocenters. The Kier molecular flexibility index (Phi) is 11.2. The third-order valence-electron chi connectivity index (χ3n) is 3.57. The Morgan fingerprint density at radius 2 is 2.12 bits per heavy atom. The number of hydrogen-bond acceptors (Lipinski definition) is 5. The number of rotatable bonds is 6. The van der Waals surface area contributed by atoms with Crippen LogP contribution in [0.3, 0.4) is 0 Å². The fourth-order valence-electron chi connectivity index (χ4n) is 2.17. The quantitative estimate of drug-likeness (QED) is 0.338. The lowest BCUT2D eigenvalue weighted by atomic mass is 10.2. The van der Waals surface area contributed by atoms with Gasteiger partial charge in [-0.3, -0.25) is 4.72 Å². The molecule has 1 aliphatic heterocycles. The van der Waals surface area contributed by atoms with E-state index < -0.39 is 0 Å². The fraction of sp³-hybridized carbons (Fsp3) is 0.529. The van der Waals surface area contributed by atoms with E-state index in [2.05, 4.69) is 61.8 Å². The van der Waals surface area contributed by atoms with Crippen LogP contribution in [0.2, 0.25) is 0 Å². The molecule has 0 bridgehead atoms. The molecule has 0 aromatic heterocycles. The van der Waals surface area contributed by atoms with Gasteiger partial charge < -0.3 is 4.90 Å². The van der Waals surface area contributed by atoms with Gasteiger partial charge in [0.2, 0.25) is 0 Å². The third-order valence-corrected chi connectivity index (χ3v) is 5.93. The molecule has 2 rings (SSSR count). The van der Waals surface area contributed by atoms with Crippen molar-refractivity contribution >= 4 is 43.8 Å². The van der Waals surface area contributed by atoms with Crippen molar-refractivity contribution in [3.8, 4) is 12.3 Å². The van der Waals surface area contributed by atoms with Gasteiger partial charge in [-0.25, -0.2) is 0 Å². The summed E-state index contributed by atoms with van der Waals surface area (Å²) in [6.45, 7) is 3.99. The first-order chi connectivity index (χ1) is 11.6. The van der Waals surface area contributed by atoms with Crippen molar-refractivity contribution in [1.82, 2.24) is 9.62 Å². The standard InChI is InChI=1S/C11H12Br2N2S.C6H10N2/c12-9-4-5-10(13)11(8-9)16-15-7-3-1-2-6-14;1-6-3-2-4-8(6)5-7/h4-5,8,15H,1-3,7H2;6H,2-4H2,1H3/t;6-/m.0/s1. The van der Waals surface area contributed by atoms with Gasteiger partial charge in [0.1, 0.15) is 0 Å². The molecule has 1 aliphatic rings. The molecular weight excluding hydrogens is 452 g/mol. The van der Waals surface area contributed by atoms with Crippen molar-refractivity contribution in [3.63, 3.8) is 0 Å². The molecule has 7 heteroatoms. The normalized spacial score (nSPS) is 16.0. The molecule has 24 heavy (non-hydrogen) atoms. The van der Waals surface area contributed by atoms with E-state index in [1.54, 1.807) is 11.9 Å². The molecule has 0 radical (unpaired) electrons. The average molecular weight is 474 g/mol. The maximum Gasteiger partial charge on any atom is 0.179 e. The smallest absolute Gasteiger partial charge is 0.179 e. The molecule has 1 saturated heterocycles. The van der Waals surface area contributed by atoms with E-state index in [0.717, 1.165) is 39.8 Å². The Morgan fingerprint density at radius 1 is 1.33 bits per heavy atom. The van der Waals surface area contributed by atoms with Crippen LogP contribution in [0.1, 0.15) is 39.0 Å². The summed E-state index contributed by atoms with van der Waals surface area (Å²) in [5.41, 5.74) is 0. The van der Waals surface area contributed by atoms with Crippen LogP contribution in [0.25, 0.3) is 0 Å². The first kappa shape index (κ1) is 21.3. The van der Waals surface area contributed by atoms with E-state index in [4.69, 9.17) is 10.5 Å². The molecule has 4 nitrogen and oxygen atoms in total. The van der Waals surface area contributed by atoms with E-state index >= 15 is 0 Å². The van der Waals surface area contributed by atoms with Crippen LogP contribution in [0.4, 0.5) is 0 Å². The van der Waals surface area contributed by atoms with Gasteiger partial charge in [0.15, 0.2) is 6.19 Å². The van der Waals surface area contributed by atoms with E-state index in [9.17, 15) is 0 Å². The van der Waals surface area contributed by atoms with Crippen LogP contribution >= 0.6 is 43.8 Å². The van der Waals surface area contributed by atoms with Crippen molar-refractivity contribution < 1.29 is 0 Å². The Labute approximate surface area is 166 Å². The number of unbranched alkanes of at least 4 members (excludes halogenated alkanes) is 2. The molecule has 1 aromatic carbocycles. The van der Waals surface area contributed by atoms with Crippen molar-refractivity contribution in [1.29, 1.82) is 10.5 Å². The second kappa shape index (κ2) is 12.6. The Hall–Kier alpha value is -0.730. The molecular formula is C17H22Br2N4S. The Bertz CT molecular complexity index is 583. The van der Waals surface area contributed by atoms with Crippen LogP contribution in [0, 0.1) is 22.8 Å². The minimum atomic E-state index is 0.500. The number of benzene rings is 1. The largest absolute Gasteiger partial charge is 0.308 e. The van der Waals surface area contributed by atoms with Gasteiger partial charge in [0.05, 0.1) is 6.07 Å². The fourth-order valence-corrected chi connectivity index (χ4v) is 3.92. The molecule has 0 saturated carbocycles. The number of nitrogens with one attached hydrogen (secondary N) is 1. The highest BCUT2D eigenvalue weighted by atomic mass is 79.9. The lowest BCUT2D eigenvalue weighted by molar-refractivity contribution is 0.388. The highest BCUT2D eigenvalue weighted by Gasteiger charge is 2.17. The molecule has 1 heterocycles. The zero-order valence-electron chi connectivity index (χ0n) is 13.8. The lowest BCUT2D eigenvalue weighted by Crippen LogP contribution is -2.20. The number of hydrogen-bond donors (Lipinski definition) is 1. The van der Waals surface area contributed by atoms with Gasteiger partial charge in [-0.1, -0.05) is 15.9 Å². The summed E-state index contributed by atoms with van der Waals surface area (Å²) >= 11 is 8.55. The van der Waals surface area contributed by atoms with E-state index in [0.29, 0.717) is 12.5 Å². The van der Waals surface area contributed by atoms with Crippen molar-refractivity contribution in [2.24, 2.45) is 0 Å². The molecule has 0 spiro atoms. The van der Waals surface area contributed by atoms with Crippen LogP contribution in [0.15, 0.2) is 32.0 Å². The van der Waals surface area contributed by atoms with Crippen LogP contribution in [-0.2, 0) is 0 Å². The van der Waals surface area contributed by atoms with Crippen LogP contribution in [-0.4, -0.2) is 24.0 Å². The molecule has 0 aliphatic carbocycles. The van der Waals surface area contributed by atoms with Gasteiger partial charge in [0.25, 0.3) is 0 Å². The minimum absolute atomic E-state index is 0.500. The second-order valence-electron chi connectivity index (χ2n) is 5.47. The zero-order valence-corrected chi connectivity index (χ0v) is 17.8. The predicted molar refractivity (Wildman–Crippen MR) is 106 cm³/mol. The number of nitriles is 2. The highest BCUT2D eigenvalue weighted by Crippen LogP contribution is 2.28. The van der Waals surface area contributed by atoms with Gasteiger partial charge in [-0.2, -0.15) is 10.5 Å². The SMILES string of the molecule is C[C@H]1CCCN1C#N.N#CCCCCNSc1cc(Br)ccc1Br. The van der Waals surface area contributed by atoms with E-state index in [1.165, 1.54) is 12.8 Å². The maximum absolute atomic E-state index is 8.41. The van der Waals surface area contributed by atoms with Crippen LogP contribution in [0.5, 0.6) is 0 Å². The molecule has 1 atom stereocenters. The van der Waals surface area contributed by atoms with Crippen molar-refractivity contribution in [2.75, 3.05) is 13.1 Å². The summed E-state index contributed by atoms with van der Waals surface area (Å²) in [6.07, 6.45) is 7.17. The summed E-state index contributed by atoms with van der Waals surface area (Å²) in [6, 6.07) is 8.73. The third kappa shape index (κ3) is 8.39. The minimum Gasteiger partial charge on any atom is -0.308 e. The number of halogens is 2. The molecule has 130 valence electrons. The molecule has 1 fully saturated rings.